The zero-order chi connectivity index (χ0) is 10.5. The molecule has 72 valence electrons. The highest BCUT2D eigenvalue weighted by atomic mass is 15.1. The molecule has 15 heavy (non-hydrogen) atoms. The molecule has 1 heterocycles. The maximum atomic E-state index is 5.11. The van der Waals surface area contributed by atoms with E-state index in [9.17, 15) is 0 Å². The van der Waals surface area contributed by atoms with Crippen LogP contribution in [0.2, 0.25) is 0 Å². The second-order valence-corrected chi connectivity index (χ2v) is 2.90. The molecular formula is C12H9N3. The van der Waals surface area contributed by atoms with Gasteiger partial charge in [-0.1, -0.05) is 36.8 Å². The van der Waals surface area contributed by atoms with Crippen molar-refractivity contribution in [3.63, 3.8) is 0 Å². The first-order chi connectivity index (χ1) is 7.40. The van der Waals surface area contributed by atoms with Crippen LogP contribution in [0.15, 0.2) is 42.6 Å². The summed E-state index contributed by atoms with van der Waals surface area (Å²) in [4.78, 5) is 8.26. The molecule has 3 heteroatoms. The quantitative estimate of drug-likeness (QED) is 0.589. The minimum atomic E-state index is 0.443. The highest BCUT2D eigenvalue weighted by molar-refractivity contribution is 5.59. The van der Waals surface area contributed by atoms with Crippen molar-refractivity contribution >= 4 is 5.95 Å². The summed E-state index contributed by atoms with van der Waals surface area (Å²) in [6.07, 6.45) is 6.78. The highest BCUT2D eigenvalue weighted by Crippen LogP contribution is 2.16. The number of anilines is 1. The SMILES string of the molecule is C#CNc1nccc(-c2ccccc2)n1. The minimum absolute atomic E-state index is 0.443. The van der Waals surface area contributed by atoms with Crippen molar-refractivity contribution in [3.05, 3.63) is 42.6 Å². The van der Waals surface area contributed by atoms with Gasteiger partial charge in [-0.2, -0.15) is 0 Å². The number of hydrogen-bond acceptors (Lipinski definition) is 3. The lowest BCUT2D eigenvalue weighted by Gasteiger charge is -2.01. The van der Waals surface area contributed by atoms with E-state index in [4.69, 9.17) is 6.42 Å². The Kier molecular flexibility index (Phi) is 2.61. The van der Waals surface area contributed by atoms with Crippen LogP contribution in [0.5, 0.6) is 0 Å². The summed E-state index contributed by atoms with van der Waals surface area (Å²) in [5.74, 6) is 0.443. The van der Waals surface area contributed by atoms with Crippen LogP contribution in [0, 0.1) is 12.5 Å². The number of benzene rings is 1. The van der Waals surface area contributed by atoms with Gasteiger partial charge in [0.15, 0.2) is 0 Å². The Balaban J connectivity index is 2.38. The van der Waals surface area contributed by atoms with Crippen LogP contribution in [0.4, 0.5) is 5.95 Å². The minimum Gasteiger partial charge on any atom is -0.283 e. The first-order valence-electron chi connectivity index (χ1n) is 4.50. The van der Waals surface area contributed by atoms with Crippen molar-refractivity contribution in [3.8, 4) is 23.7 Å². The molecule has 0 amide bonds. The van der Waals surface area contributed by atoms with E-state index in [0.29, 0.717) is 5.95 Å². The molecule has 0 bridgehead atoms. The van der Waals surface area contributed by atoms with E-state index in [1.165, 1.54) is 0 Å². The summed E-state index contributed by atoms with van der Waals surface area (Å²) in [5, 5.41) is 2.62. The standard InChI is InChI=1S/C12H9N3/c1-2-13-12-14-9-8-11(15-12)10-6-4-3-5-7-10/h1,3-9H,(H,13,14,15). The summed E-state index contributed by atoms with van der Waals surface area (Å²) < 4.78 is 0. The van der Waals surface area contributed by atoms with Crippen molar-refractivity contribution in [2.75, 3.05) is 5.32 Å². The number of nitrogens with one attached hydrogen (secondary N) is 1. The van der Waals surface area contributed by atoms with Crippen LogP contribution in [0.3, 0.4) is 0 Å². The van der Waals surface area contributed by atoms with Crippen molar-refractivity contribution < 1.29 is 0 Å². The van der Waals surface area contributed by atoms with Crippen molar-refractivity contribution in [1.29, 1.82) is 0 Å². The van der Waals surface area contributed by atoms with Gasteiger partial charge in [0, 0.05) is 17.8 Å². The lowest BCUT2D eigenvalue weighted by atomic mass is 10.1. The Morgan fingerprint density at radius 1 is 1.13 bits per heavy atom. The van der Waals surface area contributed by atoms with Crippen LogP contribution in [-0.2, 0) is 0 Å². The molecule has 0 aliphatic carbocycles. The first-order valence-corrected chi connectivity index (χ1v) is 4.50. The molecular weight excluding hydrogens is 186 g/mol. The second kappa shape index (κ2) is 4.25. The summed E-state index contributed by atoms with van der Waals surface area (Å²) >= 11 is 0. The van der Waals surface area contributed by atoms with E-state index in [1.807, 2.05) is 36.4 Å². The van der Waals surface area contributed by atoms with Crippen LogP contribution < -0.4 is 5.32 Å². The fourth-order valence-corrected chi connectivity index (χ4v) is 1.25. The lowest BCUT2D eigenvalue weighted by molar-refractivity contribution is 1.18. The third kappa shape index (κ3) is 2.12. The molecule has 0 fully saturated rings. The molecule has 0 aliphatic rings. The zero-order valence-corrected chi connectivity index (χ0v) is 8.01. The summed E-state index contributed by atoms with van der Waals surface area (Å²) in [6.45, 7) is 0. The smallest absolute Gasteiger partial charge is 0.235 e. The summed E-state index contributed by atoms with van der Waals surface area (Å²) in [6, 6.07) is 14.0. The molecule has 2 aromatic rings. The van der Waals surface area contributed by atoms with Gasteiger partial charge in [0.05, 0.1) is 5.69 Å². The molecule has 0 unspecified atom stereocenters. The van der Waals surface area contributed by atoms with Gasteiger partial charge < -0.3 is 0 Å². The predicted molar refractivity (Wildman–Crippen MR) is 59.9 cm³/mol. The Morgan fingerprint density at radius 3 is 2.67 bits per heavy atom. The van der Waals surface area contributed by atoms with Gasteiger partial charge in [0.25, 0.3) is 0 Å². The fraction of sp³-hybridized carbons (Fsp3) is 0. The Bertz CT molecular complexity index is 486. The van der Waals surface area contributed by atoms with Gasteiger partial charge in [0.1, 0.15) is 0 Å². The zero-order valence-electron chi connectivity index (χ0n) is 8.01. The fourth-order valence-electron chi connectivity index (χ4n) is 1.25. The van der Waals surface area contributed by atoms with Gasteiger partial charge in [-0.15, -0.1) is 0 Å². The van der Waals surface area contributed by atoms with Gasteiger partial charge in [-0.3, -0.25) is 5.32 Å². The van der Waals surface area contributed by atoms with Gasteiger partial charge >= 0.3 is 0 Å². The Morgan fingerprint density at radius 2 is 1.93 bits per heavy atom. The normalized spacial score (nSPS) is 9.27. The lowest BCUT2D eigenvalue weighted by Crippen LogP contribution is -1.96. The van der Waals surface area contributed by atoms with Gasteiger partial charge in [-0.25, -0.2) is 9.97 Å². The van der Waals surface area contributed by atoms with E-state index in [2.05, 4.69) is 21.3 Å². The van der Waals surface area contributed by atoms with E-state index < -0.39 is 0 Å². The molecule has 1 aromatic heterocycles. The molecule has 0 atom stereocenters. The molecule has 3 nitrogen and oxygen atoms in total. The van der Waals surface area contributed by atoms with Crippen LogP contribution in [0.1, 0.15) is 0 Å². The summed E-state index contributed by atoms with van der Waals surface area (Å²) in [5.41, 5.74) is 1.89. The van der Waals surface area contributed by atoms with Crippen LogP contribution in [-0.4, -0.2) is 9.97 Å². The van der Waals surface area contributed by atoms with E-state index in [-0.39, 0.29) is 0 Å². The third-order valence-electron chi connectivity index (χ3n) is 1.91. The average Bonchev–Trinajstić information content (AvgIpc) is 2.31. The van der Waals surface area contributed by atoms with Crippen molar-refractivity contribution in [2.45, 2.75) is 0 Å². The Labute approximate surface area is 88.2 Å². The largest absolute Gasteiger partial charge is 0.283 e. The molecule has 0 saturated heterocycles. The predicted octanol–water partition coefficient (Wildman–Crippen LogP) is 2.15. The number of nitrogens with zero attached hydrogens (tertiary/aromatic N) is 2. The monoisotopic (exact) mass is 195 g/mol. The molecule has 0 saturated carbocycles. The molecule has 1 N–H and O–H groups in total. The number of hydrogen-bond donors (Lipinski definition) is 1. The average molecular weight is 195 g/mol. The maximum Gasteiger partial charge on any atom is 0.235 e. The van der Waals surface area contributed by atoms with Crippen molar-refractivity contribution in [2.24, 2.45) is 0 Å². The summed E-state index contributed by atoms with van der Waals surface area (Å²) in [7, 11) is 0. The van der Waals surface area contributed by atoms with Crippen molar-refractivity contribution in [1.82, 2.24) is 9.97 Å². The molecule has 0 aliphatic heterocycles. The second-order valence-electron chi connectivity index (χ2n) is 2.90. The van der Waals surface area contributed by atoms with E-state index in [0.717, 1.165) is 11.3 Å². The van der Waals surface area contributed by atoms with Gasteiger partial charge in [0.2, 0.25) is 5.95 Å². The molecule has 1 aromatic carbocycles. The molecule has 2 rings (SSSR count). The van der Waals surface area contributed by atoms with Crippen LogP contribution in [0.25, 0.3) is 11.3 Å². The van der Waals surface area contributed by atoms with Gasteiger partial charge in [-0.05, 0) is 6.07 Å². The Hall–Kier alpha value is -2.34. The third-order valence-corrected chi connectivity index (χ3v) is 1.91. The topological polar surface area (TPSA) is 37.8 Å². The molecule has 0 spiro atoms. The van der Waals surface area contributed by atoms with E-state index >= 15 is 0 Å². The van der Waals surface area contributed by atoms with E-state index in [1.54, 1.807) is 6.20 Å². The highest BCUT2D eigenvalue weighted by Gasteiger charge is 1.99. The maximum absolute atomic E-state index is 5.11. The number of aromatic nitrogens is 2. The van der Waals surface area contributed by atoms with Crippen LogP contribution >= 0.6 is 0 Å². The molecule has 0 radical (unpaired) electrons. The first kappa shape index (κ1) is 9.22. The number of terminal acetylenes is 1. The number of rotatable bonds is 2.